The molecule has 1 aromatic rings. The Labute approximate surface area is 176 Å². The molecule has 5 nitrogen and oxygen atoms in total. The first-order valence-electron chi connectivity index (χ1n) is 11.1. The van der Waals surface area contributed by atoms with E-state index in [9.17, 15) is 13.2 Å². The quantitative estimate of drug-likeness (QED) is 0.674. The number of benzene rings is 1. The highest BCUT2D eigenvalue weighted by Crippen LogP contribution is 2.30. The largest absolute Gasteiger partial charge is 0.342 e. The van der Waals surface area contributed by atoms with Crippen molar-refractivity contribution in [2.75, 3.05) is 32.7 Å². The predicted octanol–water partition coefficient (Wildman–Crippen LogP) is 3.74. The SMILES string of the molecule is CC(C)(CCCN1CCCC(C(=O)N2CCCCC2)C1)S(=O)(=O)c1ccccc1. The van der Waals surface area contributed by atoms with E-state index in [4.69, 9.17) is 0 Å². The minimum Gasteiger partial charge on any atom is -0.342 e. The van der Waals surface area contributed by atoms with Gasteiger partial charge in [0.1, 0.15) is 0 Å². The molecule has 2 fully saturated rings. The molecular weight excluding hydrogens is 384 g/mol. The molecule has 1 unspecified atom stereocenters. The average Bonchev–Trinajstić information content (AvgIpc) is 2.74. The molecular formula is C23H36N2O3S. The highest BCUT2D eigenvalue weighted by Gasteiger charge is 2.35. The van der Waals surface area contributed by atoms with E-state index >= 15 is 0 Å². The summed E-state index contributed by atoms with van der Waals surface area (Å²) >= 11 is 0. The number of nitrogens with zero attached hydrogens (tertiary/aromatic N) is 2. The first kappa shape index (κ1) is 22.3. The van der Waals surface area contributed by atoms with Crippen molar-refractivity contribution < 1.29 is 13.2 Å². The summed E-state index contributed by atoms with van der Waals surface area (Å²) in [6, 6.07) is 8.74. The van der Waals surface area contributed by atoms with Gasteiger partial charge >= 0.3 is 0 Å². The molecule has 1 atom stereocenters. The summed E-state index contributed by atoms with van der Waals surface area (Å²) in [6.45, 7) is 8.18. The van der Waals surface area contributed by atoms with E-state index < -0.39 is 14.6 Å². The van der Waals surface area contributed by atoms with Crippen LogP contribution in [0.4, 0.5) is 0 Å². The zero-order chi connectivity index (χ0) is 20.9. The van der Waals surface area contributed by atoms with Gasteiger partial charge in [-0.25, -0.2) is 8.42 Å². The van der Waals surface area contributed by atoms with Crippen LogP contribution in [-0.4, -0.2) is 61.6 Å². The number of carbonyl (C=O) groups excluding carboxylic acids is 1. The molecule has 0 aromatic heterocycles. The van der Waals surface area contributed by atoms with E-state index in [0.29, 0.717) is 17.2 Å². The Hall–Kier alpha value is -1.40. The van der Waals surface area contributed by atoms with Crippen LogP contribution in [0, 0.1) is 5.92 Å². The molecule has 2 saturated heterocycles. The van der Waals surface area contributed by atoms with Gasteiger partial charge in [0.25, 0.3) is 0 Å². The normalized spacial score (nSPS) is 21.9. The number of rotatable bonds is 7. The molecule has 2 aliphatic heterocycles. The van der Waals surface area contributed by atoms with Crippen LogP contribution < -0.4 is 0 Å². The summed E-state index contributed by atoms with van der Waals surface area (Å²) < 4.78 is 25.2. The van der Waals surface area contributed by atoms with Crippen molar-refractivity contribution in [3.05, 3.63) is 30.3 Å². The van der Waals surface area contributed by atoms with Crippen molar-refractivity contribution in [3.8, 4) is 0 Å². The summed E-state index contributed by atoms with van der Waals surface area (Å²) in [4.78, 5) is 17.7. The van der Waals surface area contributed by atoms with Gasteiger partial charge in [-0.1, -0.05) is 18.2 Å². The number of hydrogen-bond acceptors (Lipinski definition) is 4. The van der Waals surface area contributed by atoms with Crippen molar-refractivity contribution in [2.24, 2.45) is 5.92 Å². The van der Waals surface area contributed by atoms with E-state index in [1.165, 1.54) is 6.42 Å². The Morgan fingerprint density at radius 3 is 2.41 bits per heavy atom. The Morgan fingerprint density at radius 1 is 1.03 bits per heavy atom. The second kappa shape index (κ2) is 9.61. The van der Waals surface area contributed by atoms with Crippen LogP contribution in [0.25, 0.3) is 0 Å². The molecule has 1 aromatic carbocycles. The van der Waals surface area contributed by atoms with Crippen LogP contribution >= 0.6 is 0 Å². The van der Waals surface area contributed by atoms with Crippen LogP contribution in [0.3, 0.4) is 0 Å². The van der Waals surface area contributed by atoms with Crippen LogP contribution in [0.5, 0.6) is 0 Å². The molecule has 3 rings (SSSR count). The molecule has 0 aliphatic carbocycles. The van der Waals surface area contributed by atoms with Gasteiger partial charge in [-0.2, -0.15) is 0 Å². The number of hydrogen-bond donors (Lipinski definition) is 0. The monoisotopic (exact) mass is 420 g/mol. The Morgan fingerprint density at radius 2 is 1.72 bits per heavy atom. The van der Waals surface area contributed by atoms with Crippen molar-refractivity contribution in [3.63, 3.8) is 0 Å². The minimum absolute atomic E-state index is 0.114. The molecule has 0 saturated carbocycles. The first-order chi connectivity index (χ1) is 13.8. The molecule has 0 radical (unpaired) electrons. The van der Waals surface area contributed by atoms with E-state index in [1.54, 1.807) is 24.3 Å². The van der Waals surface area contributed by atoms with Crippen molar-refractivity contribution in [2.45, 2.75) is 68.4 Å². The lowest BCUT2D eigenvalue weighted by atomic mass is 9.95. The summed E-state index contributed by atoms with van der Waals surface area (Å²) in [5.41, 5.74) is 0. The highest BCUT2D eigenvalue weighted by molar-refractivity contribution is 7.92. The number of piperidine rings is 2. The fourth-order valence-corrected chi connectivity index (χ4v) is 6.18. The fourth-order valence-electron chi connectivity index (χ4n) is 4.61. The van der Waals surface area contributed by atoms with E-state index in [2.05, 4.69) is 9.80 Å². The van der Waals surface area contributed by atoms with Crippen molar-refractivity contribution in [1.29, 1.82) is 0 Å². The van der Waals surface area contributed by atoms with E-state index in [0.717, 1.165) is 64.8 Å². The zero-order valence-electron chi connectivity index (χ0n) is 18.0. The number of likely N-dealkylation sites (tertiary alicyclic amines) is 2. The second-order valence-electron chi connectivity index (χ2n) is 9.21. The van der Waals surface area contributed by atoms with E-state index in [1.807, 2.05) is 19.9 Å². The van der Waals surface area contributed by atoms with Gasteiger partial charge in [-0.05, 0) is 84.0 Å². The highest BCUT2D eigenvalue weighted by atomic mass is 32.2. The second-order valence-corrected chi connectivity index (χ2v) is 11.8. The molecule has 29 heavy (non-hydrogen) atoms. The van der Waals surface area contributed by atoms with Gasteiger partial charge in [0.05, 0.1) is 15.6 Å². The van der Waals surface area contributed by atoms with Gasteiger partial charge < -0.3 is 9.80 Å². The average molecular weight is 421 g/mol. The van der Waals surface area contributed by atoms with Crippen LogP contribution in [-0.2, 0) is 14.6 Å². The summed E-state index contributed by atoms with van der Waals surface area (Å²) in [6.07, 6.45) is 6.98. The lowest BCUT2D eigenvalue weighted by Gasteiger charge is -2.36. The van der Waals surface area contributed by atoms with Crippen LogP contribution in [0.1, 0.15) is 58.8 Å². The molecule has 162 valence electrons. The van der Waals surface area contributed by atoms with Crippen molar-refractivity contribution >= 4 is 15.7 Å². The predicted molar refractivity (Wildman–Crippen MR) is 117 cm³/mol. The number of amides is 1. The number of sulfone groups is 1. The Kier molecular flexibility index (Phi) is 7.38. The molecule has 6 heteroatoms. The lowest BCUT2D eigenvalue weighted by molar-refractivity contribution is -0.138. The molecule has 0 N–H and O–H groups in total. The fraction of sp³-hybridized carbons (Fsp3) is 0.696. The standard InChI is InChI=1S/C23H36N2O3S/c1-23(2,29(27,28)21-12-5-3-6-13-21)14-10-16-24-15-9-11-20(19-24)22(26)25-17-7-4-8-18-25/h3,5-6,12-13,20H,4,7-11,14-19H2,1-2H3. The molecule has 2 aliphatic rings. The molecule has 0 spiro atoms. The number of carbonyl (C=O) groups is 1. The zero-order valence-corrected chi connectivity index (χ0v) is 18.8. The summed E-state index contributed by atoms with van der Waals surface area (Å²) in [5, 5.41) is 0. The maximum absolute atomic E-state index is 13.0. The van der Waals surface area contributed by atoms with Gasteiger partial charge in [0.2, 0.25) is 5.91 Å². The minimum atomic E-state index is -3.36. The van der Waals surface area contributed by atoms with Gasteiger partial charge in [-0.15, -0.1) is 0 Å². The topological polar surface area (TPSA) is 57.7 Å². The smallest absolute Gasteiger partial charge is 0.226 e. The van der Waals surface area contributed by atoms with Crippen LogP contribution in [0.2, 0.25) is 0 Å². The maximum Gasteiger partial charge on any atom is 0.226 e. The Balaban J connectivity index is 1.51. The third-order valence-corrected chi connectivity index (χ3v) is 9.11. The molecule has 1 amide bonds. The van der Waals surface area contributed by atoms with Crippen LogP contribution in [0.15, 0.2) is 35.2 Å². The van der Waals surface area contributed by atoms with Gasteiger partial charge in [0, 0.05) is 19.6 Å². The molecule has 2 heterocycles. The van der Waals surface area contributed by atoms with Crippen molar-refractivity contribution in [1.82, 2.24) is 9.80 Å². The van der Waals surface area contributed by atoms with Gasteiger partial charge in [-0.3, -0.25) is 4.79 Å². The summed E-state index contributed by atoms with van der Waals surface area (Å²) in [7, 11) is -3.36. The third-order valence-electron chi connectivity index (χ3n) is 6.56. The van der Waals surface area contributed by atoms with E-state index in [-0.39, 0.29) is 5.92 Å². The third kappa shape index (κ3) is 5.40. The maximum atomic E-state index is 13.0. The Bertz CT molecular complexity index is 771. The molecule has 0 bridgehead atoms. The first-order valence-corrected chi connectivity index (χ1v) is 12.6. The van der Waals surface area contributed by atoms with Gasteiger partial charge in [0.15, 0.2) is 9.84 Å². The summed E-state index contributed by atoms with van der Waals surface area (Å²) in [5.74, 6) is 0.448. The lowest BCUT2D eigenvalue weighted by Crippen LogP contribution is -2.46.